The Hall–Kier alpha value is -2.53. The zero-order valence-corrected chi connectivity index (χ0v) is 11.8. The van der Waals surface area contributed by atoms with Crippen LogP contribution in [0.15, 0.2) is 48.5 Å². The van der Waals surface area contributed by atoms with Gasteiger partial charge >= 0.3 is 0 Å². The lowest BCUT2D eigenvalue weighted by atomic mass is 10.2. The van der Waals surface area contributed by atoms with Crippen LogP contribution >= 0.6 is 11.6 Å². The van der Waals surface area contributed by atoms with Gasteiger partial charge in [-0.1, -0.05) is 23.7 Å². The highest BCUT2D eigenvalue weighted by Crippen LogP contribution is 2.21. The quantitative estimate of drug-likeness (QED) is 0.725. The van der Waals surface area contributed by atoms with Gasteiger partial charge in [0.25, 0.3) is 0 Å². The summed E-state index contributed by atoms with van der Waals surface area (Å²) in [6.45, 7) is 0.273. The van der Waals surface area contributed by atoms with Crippen molar-refractivity contribution in [3.63, 3.8) is 0 Å². The van der Waals surface area contributed by atoms with E-state index in [1.807, 2.05) is 30.3 Å². The number of halogens is 1. The number of nitrogen functional groups attached to an aromatic ring is 1. The first-order chi connectivity index (χ1) is 10.2. The van der Waals surface area contributed by atoms with Crippen molar-refractivity contribution >= 4 is 17.3 Å². The van der Waals surface area contributed by atoms with Crippen molar-refractivity contribution < 1.29 is 4.74 Å². The van der Waals surface area contributed by atoms with Crippen LogP contribution in [0.1, 0.15) is 5.82 Å². The topological polar surface area (TPSA) is 76.8 Å². The first-order valence-corrected chi connectivity index (χ1v) is 6.75. The number of nitrogens with zero attached hydrogens (tertiary/aromatic N) is 2. The maximum absolute atomic E-state index is 5.86. The first kappa shape index (κ1) is 13.5. The fraction of sp³-hybridized carbons (Fsp3) is 0.0667. The number of aromatic amines is 1. The highest BCUT2D eigenvalue weighted by molar-refractivity contribution is 6.30. The average molecular weight is 301 g/mol. The van der Waals surface area contributed by atoms with Crippen LogP contribution in [0.3, 0.4) is 0 Å². The average Bonchev–Trinajstić information content (AvgIpc) is 2.96. The Bertz CT molecular complexity index is 739. The number of anilines is 1. The largest absolute Gasteiger partial charge is 0.483 e. The zero-order valence-electron chi connectivity index (χ0n) is 11.1. The summed E-state index contributed by atoms with van der Waals surface area (Å²) in [5, 5.41) is 7.69. The summed E-state index contributed by atoms with van der Waals surface area (Å²) in [6, 6.07) is 14.7. The summed E-state index contributed by atoms with van der Waals surface area (Å²) in [4.78, 5) is 4.38. The molecule has 0 saturated carbocycles. The van der Waals surface area contributed by atoms with E-state index in [-0.39, 0.29) is 6.61 Å². The SMILES string of the molecule is Nc1ccccc1OCc1nc(-c2ccc(Cl)cc2)n[nH]1. The van der Waals surface area contributed by atoms with Gasteiger partial charge in [-0.3, -0.25) is 5.10 Å². The molecule has 3 rings (SSSR count). The van der Waals surface area contributed by atoms with Gasteiger partial charge in [-0.2, -0.15) is 5.10 Å². The van der Waals surface area contributed by atoms with Crippen LogP contribution in [0.2, 0.25) is 5.02 Å². The molecule has 0 bridgehead atoms. The Morgan fingerprint density at radius 2 is 1.86 bits per heavy atom. The van der Waals surface area contributed by atoms with Crippen molar-refractivity contribution in [1.29, 1.82) is 0 Å². The van der Waals surface area contributed by atoms with E-state index in [0.29, 0.717) is 28.1 Å². The number of hydrogen-bond donors (Lipinski definition) is 2. The molecule has 0 spiro atoms. The second-order valence-electron chi connectivity index (χ2n) is 4.44. The van der Waals surface area contributed by atoms with Gasteiger partial charge in [-0.15, -0.1) is 0 Å². The van der Waals surface area contributed by atoms with Crippen LogP contribution in [0.25, 0.3) is 11.4 Å². The van der Waals surface area contributed by atoms with E-state index < -0.39 is 0 Å². The van der Waals surface area contributed by atoms with E-state index in [9.17, 15) is 0 Å². The number of nitrogens with one attached hydrogen (secondary N) is 1. The van der Waals surface area contributed by atoms with Crippen molar-refractivity contribution in [1.82, 2.24) is 15.2 Å². The van der Waals surface area contributed by atoms with E-state index in [1.54, 1.807) is 18.2 Å². The normalized spacial score (nSPS) is 10.5. The van der Waals surface area contributed by atoms with Crippen LogP contribution in [0.4, 0.5) is 5.69 Å². The van der Waals surface area contributed by atoms with Gasteiger partial charge in [0.1, 0.15) is 12.4 Å². The predicted octanol–water partition coefficient (Wildman–Crippen LogP) is 3.29. The first-order valence-electron chi connectivity index (χ1n) is 6.37. The number of H-pyrrole nitrogens is 1. The van der Waals surface area contributed by atoms with Gasteiger partial charge in [0, 0.05) is 10.6 Å². The molecule has 0 aliphatic rings. The molecule has 0 fully saturated rings. The highest BCUT2D eigenvalue weighted by Gasteiger charge is 2.07. The Morgan fingerprint density at radius 3 is 2.62 bits per heavy atom. The fourth-order valence-electron chi connectivity index (χ4n) is 1.85. The summed E-state index contributed by atoms with van der Waals surface area (Å²) < 4.78 is 5.61. The summed E-state index contributed by atoms with van der Waals surface area (Å²) in [5.74, 6) is 1.86. The molecule has 2 aromatic carbocycles. The smallest absolute Gasteiger partial charge is 0.181 e. The van der Waals surface area contributed by atoms with E-state index in [2.05, 4.69) is 15.2 Å². The van der Waals surface area contributed by atoms with Gasteiger partial charge < -0.3 is 10.5 Å². The fourth-order valence-corrected chi connectivity index (χ4v) is 1.97. The van der Waals surface area contributed by atoms with Crippen LogP contribution in [-0.2, 0) is 6.61 Å². The number of hydrogen-bond acceptors (Lipinski definition) is 4. The summed E-state index contributed by atoms with van der Waals surface area (Å²) in [5.41, 5.74) is 7.29. The minimum Gasteiger partial charge on any atom is -0.483 e. The third-order valence-electron chi connectivity index (χ3n) is 2.92. The molecule has 0 saturated heterocycles. The lowest BCUT2D eigenvalue weighted by molar-refractivity contribution is 0.298. The molecule has 0 aliphatic carbocycles. The minimum absolute atomic E-state index is 0.273. The van der Waals surface area contributed by atoms with E-state index in [4.69, 9.17) is 22.1 Å². The summed E-state index contributed by atoms with van der Waals surface area (Å²) in [6.07, 6.45) is 0. The molecule has 1 aromatic heterocycles. The number of nitrogens with two attached hydrogens (primary N) is 1. The molecule has 21 heavy (non-hydrogen) atoms. The molecule has 0 amide bonds. The van der Waals surface area contributed by atoms with Crippen LogP contribution in [-0.4, -0.2) is 15.2 Å². The molecule has 1 heterocycles. The van der Waals surface area contributed by atoms with E-state index in [1.165, 1.54) is 0 Å². The molecule has 3 N–H and O–H groups in total. The highest BCUT2D eigenvalue weighted by atomic mass is 35.5. The molecule has 6 heteroatoms. The Labute approximate surface area is 126 Å². The monoisotopic (exact) mass is 300 g/mol. The van der Waals surface area contributed by atoms with E-state index >= 15 is 0 Å². The van der Waals surface area contributed by atoms with Crippen LogP contribution in [0, 0.1) is 0 Å². The van der Waals surface area contributed by atoms with Crippen molar-refractivity contribution in [3.8, 4) is 17.1 Å². The lowest BCUT2D eigenvalue weighted by Crippen LogP contribution is -2.00. The second-order valence-corrected chi connectivity index (χ2v) is 4.88. The molecular formula is C15H13ClN4O. The molecular weight excluding hydrogens is 288 g/mol. The molecule has 0 unspecified atom stereocenters. The van der Waals surface area contributed by atoms with Gasteiger partial charge in [0.15, 0.2) is 11.6 Å². The van der Waals surface area contributed by atoms with Crippen LogP contribution in [0.5, 0.6) is 5.75 Å². The summed E-state index contributed by atoms with van der Waals surface area (Å²) in [7, 11) is 0. The number of rotatable bonds is 4. The lowest BCUT2D eigenvalue weighted by Gasteiger charge is -2.05. The van der Waals surface area contributed by atoms with E-state index in [0.717, 1.165) is 5.56 Å². The molecule has 0 atom stereocenters. The van der Waals surface area contributed by atoms with Gasteiger partial charge in [-0.25, -0.2) is 4.98 Å². The molecule has 106 valence electrons. The van der Waals surface area contributed by atoms with Gasteiger partial charge in [0.05, 0.1) is 5.69 Å². The zero-order chi connectivity index (χ0) is 14.7. The third kappa shape index (κ3) is 3.14. The third-order valence-corrected chi connectivity index (χ3v) is 3.17. The van der Waals surface area contributed by atoms with Crippen molar-refractivity contribution in [2.45, 2.75) is 6.61 Å². The predicted molar refractivity (Wildman–Crippen MR) is 82.0 cm³/mol. The Morgan fingerprint density at radius 1 is 1.10 bits per heavy atom. The second kappa shape index (κ2) is 5.85. The minimum atomic E-state index is 0.273. The molecule has 5 nitrogen and oxygen atoms in total. The van der Waals surface area contributed by atoms with Gasteiger partial charge in [-0.05, 0) is 36.4 Å². The number of para-hydroxylation sites is 2. The Kier molecular flexibility index (Phi) is 3.75. The Balaban J connectivity index is 1.71. The number of benzene rings is 2. The van der Waals surface area contributed by atoms with Crippen molar-refractivity contribution in [3.05, 3.63) is 59.4 Å². The summed E-state index contributed by atoms with van der Waals surface area (Å²) >= 11 is 5.86. The van der Waals surface area contributed by atoms with Crippen molar-refractivity contribution in [2.24, 2.45) is 0 Å². The maximum atomic E-state index is 5.86. The van der Waals surface area contributed by atoms with Gasteiger partial charge in [0.2, 0.25) is 0 Å². The number of aromatic nitrogens is 3. The standard InChI is InChI=1S/C15H13ClN4O/c16-11-7-5-10(6-8-11)15-18-14(19-20-15)9-21-13-4-2-1-3-12(13)17/h1-8H,9,17H2,(H,18,19,20). The van der Waals surface area contributed by atoms with Crippen molar-refractivity contribution in [2.75, 3.05) is 5.73 Å². The maximum Gasteiger partial charge on any atom is 0.181 e. The van der Waals surface area contributed by atoms with Crippen LogP contribution < -0.4 is 10.5 Å². The number of ether oxygens (including phenoxy) is 1. The molecule has 0 aliphatic heterocycles. The molecule has 0 radical (unpaired) electrons. The molecule has 3 aromatic rings.